The second-order valence-electron chi connectivity index (χ2n) is 3.21. The fourth-order valence-electron chi connectivity index (χ4n) is 1.13. The van der Waals surface area contributed by atoms with Crippen molar-refractivity contribution in [3.05, 3.63) is 34.6 Å². The molecular formula is C10H10ClF4NS. The Morgan fingerprint density at radius 2 is 2.00 bits per heavy atom. The largest absolute Gasteiger partial charge is 0.441 e. The molecule has 0 amide bonds. The van der Waals surface area contributed by atoms with Gasteiger partial charge in [-0.1, -0.05) is 17.7 Å². The smallest absolute Gasteiger partial charge is 0.312 e. The van der Waals surface area contributed by atoms with E-state index in [1.807, 2.05) is 0 Å². The van der Waals surface area contributed by atoms with Gasteiger partial charge in [-0.25, -0.2) is 4.39 Å². The molecule has 0 saturated heterocycles. The second-order valence-corrected chi connectivity index (χ2v) is 4.77. The maximum absolute atomic E-state index is 12.7. The molecule has 0 radical (unpaired) electrons. The van der Waals surface area contributed by atoms with Crippen molar-refractivity contribution in [3.8, 4) is 0 Å². The van der Waals surface area contributed by atoms with Gasteiger partial charge in [-0.05, 0) is 29.5 Å². The van der Waals surface area contributed by atoms with Gasteiger partial charge in [0.15, 0.2) is 0 Å². The molecule has 1 rings (SSSR count). The monoisotopic (exact) mass is 287 g/mol. The average Bonchev–Trinajstić information content (AvgIpc) is 2.18. The number of rotatable bonds is 5. The van der Waals surface area contributed by atoms with Crippen LogP contribution in [0.5, 0.6) is 0 Å². The van der Waals surface area contributed by atoms with E-state index in [1.54, 1.807) is 0 Å². The van der Waals surface area contributed by atoms with Crippen molar-refractivity contribution in [2.24, 2.45) is 0 Å². The van der Waals surface area contributed by atoms with E-state index in [9.17, 15) is 17.6 Å². The van der Waals surface area contributed by atoms with E-state index in [4.69, 9.17) is 11.6 Å². The number of nitrogens with one attached hydrogen (secondary N) is 1. The Balaban J connectivity index is 2.27. The summed E-state index contributed by atoms with van der Waals surface area (Å²) in [4.78, 5) is 0. The van der Waals surface area contributed by atoms with Gasteiger partial charge in [0.2, 0.25) is 0 Å². The Bertz CT molecular complexity index is 370. The van der Waals surface area contributed by atoms with Gasteiger partial charge in [-0.3, -0.25) is 0 Å². The van der Waals surface area contributed by atoms with Crippen LogP contribution in [-0.2, 0) is 6.54 Å². The molecule has 0 bridgehead atoms. The third kappa shape index (κ3) is 6.14. The molecule has 0 fully saturated rings. The first-order valence-electron chi connectivity index (χ1n) is 4.74. The molecule has 7 heteroatoms. The fraction of sp³-hybridized carbons (Fsp3) is 0.400. The quantitative estimate of drug-likeness (QED) is 0.653. The molecule has 0 spiro atoms. The van der Waals surface area contributed by atoms with Gasteiger partial charge in [-0.2, -0.15) is 13.2 Å². The van der Waals surface area contributed by atoms with Crippen LogP contribution in [0, 0.1) is 5.82 Å². The van der Waals surface area contributed by atoms with Crippen LogP contribution in [0.3, 0.4) is 0 Å². The summed E-state index contributed by atoms with van der Waals surface area (Å²) in [5.74, 6) is -0.506. The van der Waals surface area contributed by atoms with Crippen LogP contribution >= 0.6 is 23.4 Å². The Morgan fingerprint density at radius 3 is 2.59 bits per heavy atom. The molecule has 0 aliphatic heterocycles. The standard InChI is InChI=1S/C10H10ClF4NS/c11-9-5-8(12)2-1-7(9)6-16-3-4-17-10(13,14)15/h1-2,5,16H,3-4,6H2. The van der Waals surface area contributed by atoms with Crippen LogP contribution in [0.15, 0.2) is 18.2 Å². The van der Waals surface area contributed by atoms with E-state index in [-0.39, 0.29) is 29.1 Å². The average molecular weight is 288 g/mol. The lowest BCUT2D eigenvalue weighted by molar-refractivity contribution is -0.0327. The maximum Gasteiger partial charge on any atom is 0.441 e. The molecule has 0 aliphatic carbocycles. The number of hydrogen-bond donors (Lipinski definition) is 1. The maximum atomic E-state index is 12.7. The predicted molar refractivity (Wildman–Crippen MR) is 61.6 cm³/mol. The summed E-state index contributed by atoms with van der Waals surface area (Å²) in [7, 11) is 0. The number of halogens is 5. The molecule has 1 nitrogen and oxygen atoms in total. The Kier molecular flexibility index (Phi) is 5.55. The lowest BCUT2D eigenvalue weighted by atomic mass is 10.2. The lowest BCUT2D eigenvalue weighted by Crippen LogP contribution is -2.18. The highest BCUT2D eigenvalue weighted by molar-refractivity contribution is 8.00. The van der Waals surface area contributed by atoms with Crippen LogP contribution in [0.4, 0.5) is 17.6 Å². The minimum atomic E-state index is -4.20. The van der Waals surface area contributed by atoms with Crippen LogP contribution in [0.2, 0.25) is 5.02 Å². The molecule has 1 N–H and O–H groups in total. The van der Waals surface area contributed by atoms with Gasteiger partial charge in [-0.15, -0.1) is 0 Å². The van der Waals surface area contributed by atoms with E-state index in [2.05, 4.69) is 5.32 Å². The van der Waals surface area contributed by atoms with Crippen LogP contribution in [-0.4, -0.2) is 17.8 Å². The Hall–Kier alpha value is -0.460. The number of alkyl halides is 3. The first kappa shape index (κ1) is 14.6. The summed E-state index contributed by atoms with van der Waals surface area (Å²) in [5.41, 5.74) is -3.54. The molecule has 96 valence electrons. The first-order chi connectivity index (χ1) is 7.88. The first-order valence-corrected chi connectivity index (χ1v) is 6.10. The minimum absolute atomic E-state index is 0.0671. The van der Waals surface area contributed by atoms with Crippen molar-refractivity contribution >= 4 is 23.4 Å². The van der Waals surface area contributed by atoms with E-state index < -0.39 is 11.3 Å². The zero-order valence-corrected chi connectivity index (χ0v) is 10.2. The van der Waals surface area contributed by atoms with E-state index in [0.29, 0.717) is 12.1 Å². The van der Waals surface area contributed by atoms with Crippen molar-refractivity contribution in [2.75, 3.05) is 12.3 Å². The van der Waals surface area contributed by atoms with E-state index in [0.717, 1.165) is 0 Å². The summed E-state index contributed by atoms with van der Waals surface area (Å²) >= 11 is 5.67. The lowest BCUT2D eigenvalue weighted by Gasteiger charge is -2.08. The SMILES string of the molecule is Fc1ccc(CNCCSC(F)(F)F)c(Cl)c1. The highest BCUT2D eigenvalue weighted by Gasteiger charge is 2.27. The van der Waals surface area contributed by atoms with Crippen LogP contribution in [0.1, 0.15) is 5.56 Å². The number of benzene rings is 1. The van der Waals surface area contributed by atoms with Gasteiger partial charge in [0.05, 0.1) is 0 Å². The third-order valence-corrected chi connectivity index (χ3v) is 2.96. The molecule has 0 aromatic heterocycles. The van der Waals surface area contributed by atoms with Gasteiger partial charge in [0.25, 0.3) is 0 Å². The Morgan fingerprint density at radius 1 is 1.29 bits per heavy atom. The van der Waals surface area contributed by atoms with Gasteiger partial charge < -0.3 is 5.32 Å². The second kappa shape index (κ2) is 6.47. The summed E-state index contributed by atoms with van der Waals surface area (Å²) < 4.78 is 48.0. The molecule has 1 aromatic rings. The molecule has 0 saturated carbocycles. The summed E-state index contributed by atoms with van der Waals surface area (Å²) in [6.07, 6.45) is 0. The highest BCUT2D eigenvalue weighted by Crippen LogP contribution is 2.29. The van der Waals surface area contributed by atoms with Crippen molar-refractivity contribution < 1.29 is 17.6 Å². The van der Waals surface area contributed by atoms with Crippen molar-refractivity contribution in [2.45, 2.75) is 12.1 Å². The molecule has 0 unspecified atom stereocenters. The third-order valence-electron chi connectivity index (χ3n) is 1.88. The van der Waals surface area contributed by atoms with Crippen LogP contribution in [0.25, 0.3) is 0 Å². The van der Waals surface area contributed by atoms with E-state index >= 15 is 0 Å². The van der Waals surface area contributed by atoms with Crippen molar-refractivity contribution in [1.29, 1.82) is 0 Å². The fourth-order valence-corrected chi connectivity index (χ4v) is 1.84. The molecular weight excluding hydrogens is 278 g/mol. The van der Waals surface area contributed by atoms with Gasteiger partial charge >= 0.3 is 5.51 Å². The van der Waals surface area contributed by atoms with E-state index in [1.165, 1.54) is 18.2 Å². The zero-order chi connectivity index (χ0) is 12.9. The minimum Gasteiger partial charge on any atom is -0.312 e. The van der Waals surface area contributed by atoms with Crippen LogP contribution < -0.4 is 5.32 Å². The van der Waals surface area contributed by atoms with Gasteiger partial charge in [0, 0.05) is 23.9 Å². The van der Waals surface area contributed by atoms with Gasteiger partial charge in [0.1, 0.15) is 5.82 Å². The predicted octanol–water partition coefficient (Wildman–Crippen LogP) is 3.82. The highest BCUT2D eigenvalue weighted by atomic mass is 35.5. The molecule has 1 aromatic carbocycles. The summed E-state index contributed by atoms with van der Waals surface area (Å²) in [6, 6.07) is 3.93. The van der Waals surface area contributed by atoms with Crippen molar-refractivity contribution in [1.82, 2.24) is 5.32 Å². The normalized spacial score (nSPS) is 11.8. The number of thioether (sulfide) groups is 1. The zero-order valence-electron chi connectivity index (χ0n) is 8.65. The number of hydrogen-bond acceptors (Lipinski definition) is 2. The molecule has 0 aliphatic rings. The summed E-state index contributed by atoms with van der Waals surface area (Å²) in [5, 5.41) is 3.07. The summed E-state index contributed by atoms with van der Waals surface area (Å²) in [6.45, 7) is 0.523. The molecule has 0 heterocycles. The Labute approximate surface area is 106 Å². The molecule has 17 heavy (non-hydrogen) atoms. The molecule has 0 atom stereocenters. The topological polar surface area (TPSA) is 12.0 Å². The van der Waals surface area contributed by atoms with Crippen molar-refractivity contribution in [3.63, 3.8) is 0 Å².